The van der Waals surface area contributed by atoms with Crippen LogP contribution in [0.15, 0.2) is 36.4 Å². The molecule has 98 valence electrons. The highest BCUT2D eigenvalue weighted by atomic mass is 19.2. The van der Waals surface area contributed by atoms with E-state index < -0.39 is 23.4 Å². The molecule has 6 heteroatoms. The predicted octanol–water partition coefficient (Wildman–Crippen LogP) is 2.94. The molecule has 0 radical (unpaired) electrons. The van der Waals surface area contributed by atoms with E-state index in [2.05, 4.69) is 5.32 Å². The number of halogens is 3. The van der Waals surface area contributed by atoms with Crippen molar-refractivity contribution < 1.29 is 18.0 Å². The first-order chi connectivity index (χ1) is 8.97. The van der Waals surface area contributed by atoms with Crippen molar-refractivity contribution in [3.8, 4) is 0 Å². The number of benzene rings is 2. The molecule has 0 saturated heterocycles. The zero-order chi connectivity index (χ0) is 14.0. The van der Waals surface area contributed by atoms with Crippen LogP contribution in [0.25, 0.3) is 0 Å². The van der Waals surface area contributed by atoms with Gasteiger partial charge in [0, 0.05) is 29.1 Å². The van der Waals surface area contributed by atoms with Crippen molar-refractivity contribution in [3.63, 3.8) is 0 Å². The summed E-state index contributed by atoms with van der Waals surface area (Å²) in [5, 5.41) is 2.25. The third-order valence-electron chi connectivity index (χ3n) is 2.39. The molecule has 0 fully saturated rings. The summed E-state index contributed by atoms with van der Waals surface area (Å²) in [6.07, 6.45) is 0. The van der Waals surface area contributed by atoms with Crippen molar-refractivity contribution in [2.45, 2.75) is 0 Å². The van der Waals surface area contributed by atoms with Crippen LogP contribution in [0.5, 0.6) is 0 Å². The molecule has 0 unspecified atom stereocenters. The average Bonchev–Trinajstić information content (AvgIpc) is 2.36. The first-order valence-electron chi connectivity index (χ1n) is 5.29. The number of nitrogens with two attached hydrogens (primary N) is 1. The molecule has 0 aromatic heterocycles. The van der Waals surface area contributed by atoms with E-state index in [0.717, 1.165) is 0 Å². The molecule has 0 atom stereocenters. The molecule has 0 aliphatic heterocycles. The number of hydrogen-bond acceptors (Lipinski definition) is 2. The van der Waals surface area contributed by atoms with Crippen molar-refractivity contribution in [1.29, 1.82) is 0 Å². The minimum atomic E-state index is -1.58. The maximum absolute atomic E-state index is 13.0. The fraction of sp³-hybridized carbons (Fsp3) is 0. The zero-order valence-corrected chi connectivity index (χ0v) is 9.58. The zero-order valence-electron chi connectivity index (χ0n) is 9.58. The van der Waals surface area contributed by atoms with E-state index >= 15 is 0 Å². The number of anilines is 2. The van der Waals surface area contributed by atoms with E-state index in [1.54, 1.807) is 12.1 Å². The van der Waals surface area contributed by atoms with Gasteiger partial charge in [0.2, 0.25) is 0 Å². The van der Waals surface area contributed by atoms with Crippen LogP contribution in [0.2, 0.25) is 0 Å². The molecule has 0 saturated carbocycles. The Bertz CT molecular complexity index is 621. The molecular weight excluding hydrogens is 257 g/mol. The lowest BCUT2D eigenvalue weighted by Crippen LogP contribution is -2.12. The Labute approximate surface area is 106 Å². The van der Waals surface area contributed by atoms with Crippen molar-refractivity contribution in [2.24, 2.45) is 0 Å². The summed E-state index contributed by atoms with van der Waals surface area (Å²) >= 11 is 0. The molecule has 0 aliphatic rings. The lowest BCUT2D eigenvalue weighted by Gasteiger charge is -2.06. The van der Waals surface area contributed by atoms with Crippen LogP contribution in [-0.4, -0.2) is 5.91 Å². The Morgan fingerprint density at radius 2 is 1.68 bits per heavy atom. The lowest BCUT2D eigenvalue weighted by molar-refractivity contribution is 0.102. The van der Waals surface area contributed by atoms with Gasteiger partial charge >= 0.3 is 0 Å². The Kier molecular flexibility index (Phi) is 3.41. The highest BCUT2D eigenvalue weighted by molar-refractivity contribution is 6.04. The van der Waals surface area contributed by atoms with Gasteiger partial charge in [0.1, 0.15) is 0 Å². The van der Waals surface area contributed by atoms with Gasteiger partial charge in [-0.05, 0) is 18.2 Å². The number of amides is 1. The molecule has 2 rings (SSSR count). The Balaban J connectivity index is 2.24. The highest BCUT2D eigenvalue weighted by Gasteiger charge is 2.13. The molecule has 3 N–H and O–H groups in total. The van der Waals surface area contributed by atoms with Gasteiger partial charge in [-0.1, -0.05) is 6.07 Å². The highest BCUT2D eigenvalue weighted by Crippen LogP contribution is 2.18. The van der Waals surface area contributed by atoms with Crippen molar-refractivity contribution in [3.05, 3.63) is 59.4 Å². The van der Waals surface area contributed by atoms with Gasteiger partial charge in [-0.3, -0.25) is 4.79 Å². The number of rotatable bonds is 2. The van der Waals surface area contributed by atoms with E-state index in [9.17, 15) is 18.0 Å². The summed E-state index contributed by atoms with van der Waals surface area (Å²) in [6.45, 7) is 0. The quantitative estimate of drug-likeness (QED) is 0.648. The van der Waals surface area contributed by atoms with Gasteiger partial charge in [-0.15, -0.1) is 0 Å². The smallest absolute Gasteiger partial charge is 0.255 e. The van der Waals surface area contributed by atoms with Crippen LogP contribution in [0.1, 0.15) is 10.4 Å². The van der Waals surface area contributed by atoms with Crippen molar-refractivity contribution in [2.75, 3.05) is 11.1 Å². The minimum absolute atomic E-state index is 0.177. The number of carbonyl (C=O) groups is 1. The monoisotopic (exact) mass is 266 g/mol. The Morgan fingerprint density at radius 1 is 1.05 bits per heavy atom. The molecule has 19 heavy (non-hydrogen) atoms. The maximum atomic E-state index is 13.0. The normalized spacial score (nSPS) is 10.3. The van der Waals surface area contributed by atoms with Crippen LogP contribution in [-0.2, 0) is 0 Å². The molecular formula is C13H9F3N2O. The first kappa shape index (κ1) is 12.9. The molecule has 0 heterocycles. The fourth-order valence-electron chi connectivity index (χ4n) is 1.51. The van der Waals surface area contributed by atoms with Gasteiger partial charge < -0.3 is 11.1 Å². The number of carbonyl (C=O) groups excluding carboxylic acids is 1. The second-order valence-corrected chi connectivity index (χ2v) is 3.83. The fourth-order valence-corrected chi connectivity index (χ4v) is 1.51. The summed E-state index contributed by atoms with van der Waals surface area (Å²) in [5.74, 6) is -4.93. The molecule has 0 bridgehead atoms. The number of nitrogens with one attached hydrogen (secondary N) is 1. The second kappa shape index (κ2) is 5.01. The topological polar surface area (TPSA) is 55.1 Å². The summed E-state index contributed by atoms with van der Waals surface area (Å²) in [5.41, 5.74) is 5.94. The van der Waals surface area contributed by atoms with Gasteiger partial charge in [0.15, 0.2) is 17.5 Å². The van der Waals surface area contributed by atoms with Gasteiger partial charge in [0.05, 0.1) is 0 Å². The predicted molar refractivity (Wildman–Crippen MR) is 65.1 cm³/mol. The van der Waals surface area contributed by atoms with E-state index in [4.69, 9.17) is 5.73 Å². The van der Waals surface area contributed by atoms with Crippen molar-refractivity contribution >= 4 is 17.3 Å². The van der Waals surface area contributed by atoms with Crippen LogP contribution < -0.4 is 11.1 Å². The van der Waals surface area contributed by atoms with E-state index in [0.29, 0.717) is 17.8 Å². The van der Waals surface area contributed by atoms with E-state index in [1.807, 2.05) is 0 Å². The van der Waals surface area contributed by atoms with E-state index in [-0.39, 0.29) is 11.3 Å². The SMILES string of the molecule is Nc1cccc(C(=O)Nc2cc(F)c(F)c(F)c2)c1. The Hall–Kier alpha value is -2.50. The third-order valence-corrected chi connectivity index (χ3v) is 2.39. The third kappa shape index (κ3) is 2.85. The summed E-state index contributed by atoms with van der Waals surface area (Å²) in [7, 11) is 0. The van der Waals surface area contributed by atoms with Gasteiger partial charge in [-0.25, -0.2) is 13.2 Å². The number of nitrogen functional groups attached to an aromatic ring is 1. The van der Waals surface area contributed by atoms with Crippen LogP contribution in [0, 0.1) is 17.5 Å². The molecule has 0 aliphatic carbocycles. The summed E-state index contributed by atoms with van der Waals surface area (Å²) in [4.78, 5) is 11.8. The largest absolute Gasteiger partial charge is 0.399 e. The van der Waals surface area contributed by atoms with Gasteiger partial charge in [-0.2, -0.15) is 0 Å². The summed E-state index contributed by atoms with van der Waals surface area (Å²) < 4.78 is 38.7. The molecule has 2 aromatic carbocycles. The molecule has 1 amide bonds. The molecule has 0 spiro atoms. The maximum Gasteiger partial charge on any atom is 0.255 e. The van der Waals surface area contributed by atoms with Crippen LogP contribution >= 0.6 is 0 Å². The standard InChI is InChI=1S/C13H9F3N2O/c14-10-5-9(6-11(15)12(10)16)18-13(19)7-2-1-3-8(17)4-7/h1-6H,17H2,(H,18,19). The molecule has 3 nitrogen and oxygen atoms in total. The van der Waals surface area contributed by atoms with Gasteiger partial charge in [0.25, 0.3) is 5.91 Å². The Morgan fingerprint density at radius 3 is 2.26 bits per heavy atom. The first-order valence-corrected chi connectivity index (χ1v) is 5.29. The second-order valence-electron chi connectivity index (χ2n) is 3.83. The summed E-state index contributed by atoms with van der Waals surface area (Å²) in [6, 6.07) is 7.45. The average molecular weight is 266 g/mol. The van der Waals surface area contributed by atoms with E-state index in [1.165, 1.54) is 12.1 Å². The van der Waals surface area contributed by atoms with Crippen LogP contribution in [0.4, 0.5) is 24.5 Å². The van der Waals surface area contributed by atoms with Crippen molar-refractivity contribution in [1.82, 2.24) is 0 Å². The van der Waals surface area contributed by atoms with Crippen LogP contribution in [0.3, 0.4) is 0 Å². The lowest BCUT2D eigenvalue weighted by atomic mass is 10.2. The number of hydrogen-bond donors (Lipinski definition) is 2. The molecule has 2 aromatic rings. The minimum Gasteiger partial charge on any atom is -0.399 e.